The van der Waals surface area contributed by atoms with Gasteiger partial charge in [-0.15, -0.1) is 11.3 Å². The van der Waals surface area contributed by atoms with E-state index < -0.39 is 0 Å². The van der Waals surface area contributed by atoms with Gasteiger partial charge in [-0.3, -0.25) is 0 Å². The molecule has 1 nitrogen and oxygen atoms in total. The molecule has 0 radical (unpaired) electrons. The Morgan fingerprint density at radius 2 is 1.95 bits per heavy atom. The van der Waals surface area contributed by atoms with Crippen LogP contribution >= 0.6 is 27.3 Å². The predicted octanol–water partition coefficient (Wildman–Crippen LogP) is 5.70. The van der Waals surface area contributed by atoms with Gasteiger partial charge in [0.25, 0.3) is 0 Å². The number of hydrogen-bond donors (Lipinski definition) is 1. The fourth-order valence-electron chi connectivity index (χ4n) is 2.22. The summed E-state index contributed by atoms with van der Waals surface area (Å²) in [6.07, 6.45) is 0. The summed E-state index contributed by atoms with van der Waals surface area (Å²) in [6.45, 7) is 6.54. The molecule has 0 fully saturated rings. The lowest BCUT2D eigenvalue weighted by Gasteiger charge is -2.26. The molecule has 0 amide bonds. The molecule has 1 N–H and O–H groups in total. The second-order valence-corrected chi connectivity index (χ2v) is 7.13. The largest absolute Gasteiger partial charge is 0.302 e. The van der Waals surface area contributed by atoms with Gasteiger partial charge in [0.15, 0.2) is 0 Å². The zero-order valence-electron chi connectivity index (χ0n) is 11.9. The minimum atomic E-state index is -0.223. The molecule has 2 unspecified atom stereocenters. The maximum Gasteiger partial charge on any atom is 0.137 e. The van der Waals surface area contributed by atoms with Crippen molar-refractivity contribution in [2.24, 2.45) is 5.92 Å². The Hall–Kier alpha value is -0.710. The van der Waals surface area contributed by atoms with Gasteiger partial charge in [-0.05, 0) is 57.9 Å². The summed E-state index contributed by atoms with van der Waals surface area (Å²) in [5.74, 6) is 0.277. The highest BCUT2D eigenvalue weighted by molar-refractivity contribution is 9.10. The lowest BCUT2D eigenvalue weighted by atomic mass is 10.00. The molecule has 2 rings (SSSR count). The summed E-state index contributed by atoms with van der Waals surface area (Å²) in [7, 11) is 0. The number of hydrogen-bond acceptors (Lipinski definition) is 2. The first-order valence-electron chi connectivity index (χ1n) is 6.73. The van der Waals surface area contributed by atoms with Gasteiger partial charge in [-0.1, -0.05) is 26.0 Å². The molecule has 2 aromatic rings. The van der Waals surface area contributed by atoms with Crippen molar-refractivity contribution < 1.29 is 4.39 Å². The van der Waals surface area contributed by atoms with Gasteiger partial charge >= 0.3 is 0 Å². The normalized spacial score (nSPS) is 14.5. The minimum absolute atomic E-state index is 0.168. The number of rotatable bonds is 5. The molecule has 1 aromatic heterocycles. The molecule has 20 heavy (non-hydrogen) atoms. The van der Waals surface area contributed by atoms with E-state index in [1.54, 1.807) is 11.3 Å². The van der Waals surface area contributed by atoms with Crippen molar-refractivity contribution in [2.45, 2.75) is 32.9 Å². The van der Waals surface area contributed by atoms with E-state index in [0.717, 1.165) is 5.56 Å². The van der Waals surface area contributed by atoms with Crippen molar-refractivity contribution >= 4 is 27.3 Å². The monoisotopic (exact) mass is 355 g/mol. The predicted molar refractivity (Wildman–Crippen MR) is 87.5 cm³/mol. The maximum atomic E-state index is 13.3. The molecule has 1 aromatic carbocycles. The van der Waals surface area contributed by atoms with Crippen LogP contribution in [0.2, 0.25) is 0 Å². The van der Waals surface area contributed by atoms with Gasteiger partial charge in [-0.25, -0.2) is 4.39 Å². The Kier molecular flexibility index (Phi) is 5.35. The summed E-state index contributed by atoms with van der Waals surface area (Å²) >= 11 is 5.02. The van der Waals surface area contributed by atoms with Crippen LogP contribution in [0.25, 0.3) is 0 Å². The third kappa shape index (κ3) is 3.68. The molecule has 0 spiro atoms. The molecule has 1 heterocycles. The fourth-order valence-corrected chi connectivity index (χ4v) is 3.57. The van der Waals surface area contributed by atoms with Crippen LogP contribution in [0.4, 0.5) is 4.39 Å². The molecule has 0 bridgehead atoms. The number of thiophene rings is 1. The standard InChI is InChI=1S/C16H19BrFNS/c1-10(2)16(15-5-4-8-20-15)19-11(3)12-6-7-14(18)13(17)9-12/h4-11,16,19H,1-3H3. The molecule has 0 aliphatic rings. The SMILES string of the molecule is CC(NC(c1cccs1)C(C)C)c1ccc(F)c(Br)c1. The van der Waals surface area contributed by atoms with Crippen molar-refractivity contribution in [1.82, 2.24) is 5.32 Å². The molecule has 108 valence electrons. The van der Waals surface area contributed by atoms with Crippen LogP contribution in [0.3, 0.4) is 0 Å². The summed E-state index contributed by atoms with van der Waals surface area (Å²) in [4.78, 5) is 1.34. The van der Waals surface area contributed by atoms with Crippen molar-refractivity contribution in [2.75, 3.05) is 0 Å². The maximum absolute atomic E-state index is 13.3. The van der Waals surface area contributed by atoms with Crippen molar-refractivity contribution in [1.29, 1.82) is 0 Å². The second-order valence-electron chi connectivity index (χ2n) is 5.30. The first-order valence-corrected chi connectivity index (χ1v) is 8.40. The molecule has 0 saturated heterocycles. The first-order chi connectivity index (χ1) is 9.49. The van der Waals surface area contributed by atoms with E-state index in [0.29, 0.717) is 16.4 Å². The van der Waals surface area contributed by atoms with E-state index in [2.05, 4.69) is 59.5 Å². The molecular formula is C16H19BrFNS. The Morgan fingerprint density at radius 1 is 1.20 bits per heavy atom. The van der Waals surface area contributed by atoms with E-state index in [9.17, 15) is 4.39 Å². The molecule has 0 saturated carbocycles. The van der Waals surface area contributed by atoms with Gasteiger partial charge in [0.1, 0.15) is 5.82 Å². The van der Waals surface area contributed by atoms with Gasteiger partial charge in [0, 0.05) is 17.0 Å². The van der Waals surface area contributed by atoms with Gasteiger partial charge in [0.05, 0.1) is 4.47 Å². The fraction of sp³-hybridized carbons (Fsp3) is 0.375. The van der Waals surface area contributed by atoms with Crippen LogP contribution in [0.5, 0.6) is 0 Å². The number of benzene rings is 1. The molecule has 4 heteroatoms. The van der Waals surface area contributed by atoms with E-state index in [1.807, 2.05) is 12.1 Å². The van der Waals surface area contributed by atoms with E-state index >= 15 is 0 Å². The number of halogens is 2. The summed E-state index contributed by atoms with van der Waals surface area (Å²) in [5, 5.41) is 5.75. The minimum Gasteiger partial charge on any atom is -0.302 e. The average Bonchev–Trinajstić information content (AvgIpc) is 2.92. The Labute approximate surface area is 132 Å². The van der Waals surface area contributed by atoms with Crippen molar-refractivity contribution in [3.05, 3.63) is 56.4 Å². The van der Waals surface area contributed by atoms with Gasteiger partial charge in [-0.2, -0.15) is 0 Å². The molecule has 0 aliphatic heterocycles. The summed E-state index contributed by atoms with van der Waals surface area (Å²) in [5.41, 5.74) is 1.08. The zero-order valence-corrected chi connectivity index (χ0v) is 14.3. The Balaban J connectivity index is 2.16. The summed E-state index contributed by atoms with van der Waals surface area (Å²) < 4.78 is 13.8. The van der Waals surface area contributed by atoms with Crippen molar-refractivity contribution in [3.8, 4) is 0 Å². The molecule has 0 aliphatic carbocycles. The summed E-state index contributed by atoms with van der Waals surface area (Å²) in [6, 6.07) is 9.91. The van der Waals surface area contributed by atoms with Crippen LogP contribution in [0, 0.1) is 11.7 Å². The van der Waals surface area contributed by atoms with Crippen LogP contribution in [0.15, 0.2) is 40.2 Å². The van der Waals surface area contributed by atoms with Crippen LogP contribution in [0.1, 0.15) is 43.3 Å². The second kappa shape index (κ2) is 6.83. The Morgan fingerprint density at radius 3 is 2.50 bits per heavy atom. The van der Waals surface area contributed by atoms with Crippen LogP contribution in [-0.2, 0) is 0 Å². The molecule has 2 atom stereocenters. The lowest BCUT2D eigenvalue weighted by Crippen LogP contribution is -2.27. The first kappa shape index (κ1) is 15.7. The Bertz CT molecular complexity index is 554. The highest BCUT2D eigenvalue weighted by Gasteiger charge is 2.19. The van der Waals surface area contributed by atoms with E-state index in [4.69, 9.17) is 0 Å². The highest BCUT2D eigenvalue weighted by atomic mass is 79.9. The van der Waals surface area contributed by atoms with Crippen LogP contribution in [-0.4, -0.2) is 0 Å². The smallest absolute Gasteiger partial charge is 0.137 e. The highest BCUT2D eigenvalue weighted by Crippen LogP contribution is 2.29. The lowest BCUT2D eigenvalue weighted by molar-refractivity contribution is 0.379. The van der Waals surface area contributed by atoms with E-state index in [1.165, 1.54) is 10.9 Å². The van der Waals surface area contributed by atoms with E-state index in [-0.39, 0.29) is 11.9 Å². The third-order valence-electron chi connectivity index (χ3n) is 3.39. The quantitative estimate of drug-likeness (QED) is 0.725. The van der Waals surface area contributed by atoms with Gasteiger partial charge < -0.3 is 5.32 Å². The topological polar surface area (TPSA) is 12.0 Å². The van der Waals surface area contributed by atoms with Crippen LogP contribution < -0.4 is 5.32 Å². The zero-order chi connectivity index (χ0) is 14.7. The average molecular weight is 356 g/mol. The van der Waals surface area contributed by atoms with Gasteiger partial charge in [0.2, 0.25) is 0 Å². The molecular weight excluding hydrogens is 337 g/mol. The van der Waals surface area contributed by atoms with Crippen molar-refractivity contribution in [3.63, 3.8) is 0 Å². The third-order valence-corrected chi connectivity index (χ3v) is 4.95. The number of nitrogens with one attached hydrogen (secondary N) is 1.